The highest BCUT2D eigenvalue weighted by molar-refractivity contribution is 5.89. The van der Waals surface area contributed by atoms with E-state index in [1.807, 2.05) is 39.8 Å². The Hall–Kier alpha value is -3.48. The molecule has 0 unspecified atom stereocenters. The number of hydrogen-bond donors (Lipinski definition) is 2. The minimum Gasteiger partial charge on any atom is -0.344 e. The van der Waals surface area contributed by atoms with Crippen LogP contribution in [0.3, 0.4) is 0 Å². The van der Waals surface area contributed by atoms with Gasteiger partial charge in [0.15, 0.2) is 5.82 Å². The molecular weight excluding hydrogens is 378 g/mol. The van der Waals surface area contributed by atoms with Gasteiger partial charge in [-0.1, -0.05) is 50.7 Å². The molecule has 154 valence electrons. The molecule has 3 aromatic rings. The molecule has 0 spiro atoms. The highest BCUT2D eigenvalue weighted by Crippen LogP contribution is 2.34. The summed E-state index contributed by atoms with van der Waals surface area (Å²) >= 11 is 0. The topological polar surface area (TPSA) is 92.9 Å². The predicted octanol–water partition coefficient (Wildman–Crippen LogP) is 4.15. The number of carbonyl (C=O) groups is 1. The molecule has 0 radical (unpaired) electrons. The van der Waals surface area contributed by atoms with E-state index in [0.29, 0.717) is 12.4 Å². The van der Waals surface area contributed by atoms with Crippen LogP contribution in [0, 0.1) is 6.92 Å². The molecule has 2 aromatic heterocycles. The van der Waals surface area contributed by atoms with Crippen molar-refractivity contribution in [1.82, 2.24) is 20.4 Å². The van der Waals surface area contributed by atoms with Gasteiger partial charge in [-0.3, -0.25) is 4.79 Å². The summed E-state index contributed by atoms with van der Waals surface area (Å²) in [5.74, 6) is 0.989. The molecule has 0 saturated heterocycles. The second kappa shape index (κ2) is 7.40. The molecule has 1 amide bonds. The Morgan fingerprint density at radius 3 is 2.80 bits per heavy atom. The van der Waals surface area contributed by atoms with E-state index in [2.05, 4.69) is 44.5 Å². The van der Waals surface area contributed by atoms with Crippen molar-refractivity contribution in [2.45, 2.75) is 46.1 Å². The first-order valence-corrected chi connectivity index (χ1v) is 9.87. The number of aryl methyl sites for hydroxylation is 1. The Morgan fingerprint density at radius 2 is 2.10 bits per heavy atom. The first-order valence-electron chi connectivity index (χ1n) is 9.87. The predicted molar refractivity (Wildman–Crippen MR) is 115 cm³/mol. The number of pyridine rings is 1. The highest BCUT2D eigenvalue weighted by atomic mass is 16.5. The summed E-state index contributed by atoms with van der Waals surface area (Å²) in [6, 6.07) is 8.25. The zero-order valence-electron chi connectivity index (χ0n) is 17.7. The maximum Gasteiger partial charge on any atom is 0.315 e. The van der Waals surface area contributed by atoms with E-state index >= 15 is 0 Å². The molecule has 0 bridgehead atoms. The zero-order valence-corrected chi connectivity index (χ0v) is 17.7. The standard InChI is InChI=1S/C23H25N5O2/c1-13-10-15(17-8-9-24-19-18(17)11-14(2)26-19)6-7-16(13)12-25-20(29)21-27-22(28-30-21)23(3,4)5/h6-10H,2,11-12H2,1,3-5H3,(H,24,26)(H,25,29). The quantitative estimate of drug-likeness (QED) is 0.680. The highest BCUT2D eigenvalue weighted by Gasteiger charge is 2.24. The van der Waals surface area contributed by atoms with Gasteiger partial charge in [-0.25, -0.2) is 4.98 Å². The Kier molecular flexibility index (Phi) is 4.89. The maximum atomic E-state index is 12.4. The number of benzene rings is 1. The van der Waals surface area contributed by atoms with Crippen molar-refractivity contribution in [3.63, 3.8) is 0 Å². The van der Waals surface area contributed by atoms with Crippen LogP contribution >= 0.6 is 0 Å². The van der Waals surface area contributed by atoms with Crippen molar-refractivity contribution in [3.8, 4) is 11.1 Å². The minimum absolute atomic E-state index is 0.0192. The molecular formula is C23H25N5O2. The molecule has 30 heavy (non-hydrogen) atoms. The minimum atomic E-state index is -0.377. The normalized spacial score (nSPS) is 13.1. The van der Waals surface area contributed by atoms with E-state index in [4.69, 9.17) is 4.52 Å². The first kappa shape index (κ1) is 19.8. The smallest absolute Gasteiger partial charge is 0.315 e. The van der Waals surface area contributed by atoms with Crippen LogP contribution < -0.4 is 10.6 Å². The molecule has 2 N–H and O–H groups in total. The number of anilines is 1. The van der Waals surface area contributed by atoms with E-state index in [0.717, 1.165) is 45.8 Å². The molecule has 7 heteroatoms. The van der Waals surface area contributed by atoms with Gasteiger partial charge in [0, 0.05) is 35.8 Å². The lowest BCUT2D eigenvalue weighted by Crippen LogP contribution is -2.24. The molecule has 0 fully saturated rings. The summed E-state index contributed by atoms with van der Waals surface area (Å²) in [6.45, 7) is 12.3. The summed E-state index contributed by atoms with van der Waals surface area (Å²) < 4.78 is 5.11. The Morgan fingerprint density at radius 1 is 1.30 bits per heavy atom. The van der Waals surface area contributed by atoms with Crippen molar-refractivity contribution < 1.29 is 9.32 Å². The van der Waals surface area contributed by atoms with Crippen LogP contribution in [-0.4, -0.2) is 21.0 Å². The fourth-order valence-electron chi connectivity index (χ4n) is 3.41. The van der Waals surface area contributed by atoms with Gasteiger partial charge in [0.2, 0.25) is 0 Å². The third-order valence-corrected chi connectivity index (χ3v) is 5.13. The number of amides is 1. The fourth-order valence-corrected chi connectivity index (χ4v) is 3.41. The average molecular weight is 403 g/mol. The van der Waals surface area contributed by atoms with E-state index in [9.17, 15) is 4.79 Å². The van der Waals surface area contributed by atoms with Gasteiger partial charge in [-0.05, 0) is 35.2 Å². The van der Waals surface area contributed by atoms with Crippen LogP contribution in [-0.2, 0) is 18.4 Å². The third kappa shape index (κ3) is 3.83. The van der Waals surface area contributed by atoms with Gasteiger partial charge in [-0.15, -0.1) is 0 Å². The van der Waals surface area contributed by atoms with Gasteiger partial charge >= 0.3 is 11.8 Å². The number of nitrogens with zero attached hydrogens (tertiary/aromatic N) is 3. The SMILES string of the molecule is C=C1Cc2c(-c3ccc(CNC(=O)c4nc(C(C)(C)C)no4)c(C)c3)ccnc2N1. The number of nitrogens with one attached hydrogen (secondary N) is 2. The van der Waals surface area contributed by atoms with Crippen molar-refractivity contribution in [2.24, 2.45) is 0 Å². The van der Waals surface area contributed by atoms with Crippen LogP contribution in [0.25, 0.3) is 11.1 Å². The second-order valence-corrected chi connectivity index (χ2v) is 8.59. The van der Waals surface area contributed by atoms with Crippen molar-refractivity contribution in [1.29, 1.82) is 0 Å². The van der Waals surface area contributed by atoms with Crippen molar-refractivity contribution in [2.75, 3.05) is 5.32 Å². The number of allylic oxidation sites excluding steroid dienone is 1. The van der Waals surface area contributed by atoms with Gasteiger partial charge < -0.3 is 15.2 Å². The van der Waals surface area contributed by atoms with Crippen molar-refractivity contribution in [3.05, 3.63) is 71.1 Å². The largest absolute Gasteiger partial charge is 0.344 e. The molecule has 1 aliphatic rings. The lowest BCUT2D eigenvalue weighted by molar-refractivity contribution is 0.0907. The summed E-state index contributed by atoms with van der Waals surface area (Å²) in [5, 5.41) is 9.98. The number of rotatable bonds is 4. The van der Waals surface area contributed by atoms with Crippen molar-refractivity contribution >= 4 is 11.7 Å². The number of aromatic nitrogens is 3. The monoisotopic (exact) mass is 403 g/mol. The zero-order chi connectivity index (χ0) is 21.5. The van der Waals surface area contributed by atoms with Gasteiger partial charge in [0.1, 0.15) is 5.82 Å². The van der Waals surface area contributed by atoms with E-state index < -0.39 is 0 Å². The summed E-state index contributed by atoms with van der Waals surface area (Å²) in [5.41, 5.74) is 6.21. The fraction of sp³-hybridized carbons (Fsp3) is 0.304. The second-order valence-electron chi connectivity index (χ2n) is 8.59. The third-order valence-electron chi connectivity index (χ3n) is 5.13. The molecule has 0 atom stereocenters. The molecule has 0 aliphatic carbocycles. The Labute approximate surface area is 175 Å². The van der Waals surface area contributed by atoms with Gasteiger partial charge in [0.05, 0.1) is 0 Å². The molecule has 0 saturated carbocycles. The van der Waals surface area contributed by atoms with E-state index in [-0.39, 0.29) is 17.2 Å². The Balaban J connectivity index is 1.49. The molecule has 1 aliphatic heterocycles. The molecule has 4 rings (SSSR count). The van der Waals surface area contributed by atoms with Crippen LogP contribution in [0.2, 0.25) is 0 Å². The van der Waals surface area contributed by atoms with Gasteiger partial charge in [-0.2, -0.15) is 4.98 Å². The summed E-state index contributed by atoms with van der Waals surface area (Å²) in [6.07, 6.45) is 2.58. The van der Waals surface area contributed by atoms with Crippen LogP contribution in [0.4, 0.5) is 5.82 Å². The van der Waals surface area contributed by atoms with E-state index in [1.165, 1.54) is 0 Å². The lowest BCUT2D eigenvalue weighted by atomic mass is 9.96. The molecule has 3 heterocycles. The molecule has 7 nitrogen and oxygen atoms in total. The van der Waals surface area contributed by atoms with Crippen LogP contribution in [0.15, 0.2) is 47.3 Å². The lowest BCUT2D eigenvalue weighted by Gasteiger charge is -2.12. The maximum absolute atomic E-state index is 12.4. The first-order chi connectivity index (χ1) is 14.2. The average Bonchev–Trinajstić information content (AvgIpc) is 3.32. The van der Waals surface area contributed by atoms with Gasteiger partial charge in [0.25, 0.3) is 0 Å². The van der Waals surface area contributed by atoms with E-state index in [1.54, 1.807) is 6.20 Å². The summed E-state index contributed by atoms with van der Waals surface area (Å²) in [4.78, 5) is 21.0. The molecule has 1 aromatic carbocycles. The number of hydrogen-bond acceptors (Lipinski definition) is 6. The summed E-state index contributed by atoms with van der Waals surface area (Å²) in [7, 11) is 0. The number of fused-ring (bicyclic) bond motifs is 1. The Bertz CT molecular complexity index is 1140. The van der Waals surface area contributed by atoms with Crippen LogP contribution in [0.5, 0.6) is 0 Å². The van der Waals surface area contributed by atoms with Crippen LogP contribution in [0.1, 0.15) is 54.0 Å². The number of carbonyl (C=O) groups excluding carboxylic acids is 1.